The van der Waals surface area contributed by atoms with Crippen LogP contribution in [0.25, 0.3) is 9.75 Å². The number of ether oxygens (including phenoxy) is 1. The van der Waals surface area contributed by atoms with Gasteiger partial charge in [-0.2, -0.15) is 0 Å². The van der Waals surface area contributed by atoms with Gasteiger partial charge < -0.3 is 10.5 Å². The molecule has 2 heterocycles. The summed E-state index contributed by atoms with van der Waals surface area (Å²) < 4.78 is 5.09. The summed E-state index contributed by atoms with van der Waals surface area (Å²) in [5.74, 6) is -0.0525. The van der Waals surface area contributed by atoms with E-state index in [4.69, 9.17) is 10.5 Å². The lowest BCUT2D eigenvalue weighted by molar-refractivity contribution is 0.0533. The van der Waals surface area contributed by atoms with E-state index in [2.05, 4.69) is 32.9 Å². The second kappa shape index (κ2) is 5.97. The van der Waals surface area contributed by atoms with Crippen LogP contribution >= 0.6 is 22.7 Å². The van der Waals surface area contributed by atoms with E-state index in [1.165, 1.54) is 21.1 Å². The predicted octanol–water partition coefficient (Wildman–Crippen LogP) is 4.67. The molecule has 3 nitrogen and oxygen atoms in total. The molecule has 2 N–H and O–H groups in total. The molecule has 2 aromatic heterocycles. The van der Waals surface area contributed by atoms with Crippen LogP contribution in [-0.2, 0) is 4.74 Å². The van der Waals surface area contributed by atoms with Gasteiger partial charge in [-0.05, 0) is 37.5 Å². The highest BCUT2D eigenvalue weighted by Gasteiger charge is 2.24. The van der Waals surface area contributed by atoms with Crippen LogP contribution in [0.5, 0.6) is 0 Å². The van der Waals surface area contributed by atoms with Crippen molar-refractivity contribution >= 4 is 34.3 Å². The van der Waals surface area contributed by atoms with E-state index in [9.17, 15) is 4.79 Å². The molecule has 0 saturated heterocycles. The number of thiophene rings is 2. The topological polar surface area (TPSA) is 52.3 Å². The Morgan fingerprint density at radius 3 is 2.55 bits per heavy atom. The Bertz CT molecular complexity index is 626. The number of carbonyl (C=O) groups excluding carboxylic acids is 1. The van der Waals surface area contributed by atoms with Gasteiger partial charge in [0.1, 0.15) is 4.88 Å². The molecule has 0 bridgehead atoms. The smallest absolute Gasteiger partial charge is 0.350 e. The summed E-state index contributed by atoms with van der Waals surface area (Å²) >= 11 is 3.16. The molecular weight excluding hydrogens is 290 g/mol. The van der Waals surface area contributed by atoms with Crippen molar-refractivity contribution < 1.29 is 9.53 Å². The van der Waals surface area contributed by atoms with Crippen molar-refractivity contribution in [3.63, 3.8) is 0 Å². The van der Waals surface area contributed by atoms with Crippen LogP contribution < -0.4 is 5.73 Å². The summed E-state index contributed by atoms with van der Waals surface area (Å²) in [6.45, 7) is 8.43. The first-order chi connectivity index (χ1) is 9.45. The summed E-state index contributed by atoms with van der Waals surface area (Å²) in [5, 5.41) is 0. The minimum atomic E-state index is -0.323. The van der Waals surface area contributed by atoms with Gasteiger partial charge in [-0.1, -0.05) is 13.8 Å². The molecule has 2 rings (SSSR count). The van der Waals surface area contributed by atoms with Crippen molar-refractivity contribution in [3.8, 4) is 9.75 Å². The standard InChI is InChI=1S/C15H19NO2S2/c1-5-18-15(17)14-12(16)11(8(2)3)13(20-14)10-7-6-9(4)19-10/h6-8H,5,16H2,1-4H3. The van der Waals surface area contributed by atoms with Crippen molar-refractivity contribution in [2.24, 2.45) is 0 Å². The molecule has 0 aliphatic rings. The first-order valence-corrected chi connectivity index (χ1v) is 8.25. The van der Waals surface area contributed by atoms with Gasteiger partial charge >= 0.3 is 5.97 Å². The second-order valence-corrected chi connectivity index (χ2v) is 7.18. The number of nitrogens with two attached hydrogens (primary N) is 1. The van der Waals surface area contributed by atoms with Crippen LogP contribution in [0.15, 0.2) is 12.1 Å². The minimum absolute atomic E-state index is 0.270. The fourth-order valence-corrected chi connectivity index (χ4v) is 4.38. The van der Waals surface area contributed by atoms with Crippen LogP contribution in [0.4, 0.5) is 5.69 Å². The number of carbonyl (C=O) groups is 1. The Morgan fingerprint density at radius 1 is 1.35 bits per heavy atom. The number of esters is 1. The van der Waals surface area contributed by atoms with E-state index in [0.29, 0.717) is 17.2 Å². The van der Waals surface area contributed by atoms with E-state index >= 15 is 0 Å². The molecule has 2 aromatic rings. The molecule has 0 saturated carbocycles. The molecule has 0 fully saturated rings. The zero-order chi connectivity index (χ0) is 14.9. The van der Waals surface area contributed by atoms with Crippen LogP contribution in [0.3, 0.4) is 0 Å². The SMILES string of the molecule is CCOC(=O)c1sc(-c2ccc(C)s2)c(C(C)C)c1N. The average Bonchev–Trinajstić information content (AvgIpc) is 2.93. The molecule has 0 aliphatic heterocycles. The third-order valence-corrected chi connectivity index (χ3v) is 5.37. The maximum absolute atomic E-state index is 12.0. The van der Waals surface area contributed by atoms with Crippen molar-refractivity contribution in [2.75, 3.05) is 12.3 Å². The molecular formula is C15H19NO2S2. The number of aryl methyl sites for hydroxylation is 1. The highest BCUT2D eigenvalue weighted by molar-refractivity contribution is 7.23. The van der Waals surface area contributed by atoms with E-state index in [1.54, 1.807) is 18.3 Å². The summed E-state index contributed by atoms with van der Waals surface area (Å²) in [4.78, 5) is 16.0. The summed E-state index contributed by atoms with van der Waals surface area (Å²) in [5.41, 5.74) is 7.82. The molecule has 5 heteroatoms. The maximum Gasteiger partial charge on any atom is 0.350 e. The van der Waals surface area contributed by atoms with Gasteiger partial charge in [0, 0.05) is 9.75 Å². The van der Waals surface area contributed by atoms with Gasteiger partial charge in [0.05, 0.1) is 17.2 Å². The highest BCUT2D eigenvalue weighted by atomic mass is 32.1. The van der Waals surface area contributed by atoms with Gasteiger partial charge in [0.15, 0.2) is 0 Å². The van der Waals surface area contributed by atoms with Gasteiger partial charge in [0.2, 0.25) is 0 Å². The zero-order valence-corrected chi connectivity index (χ0v) is 13.8. The zero-order valence-electron chi connectivity index (χ0n) is 12.1. The molecule has 0 spiro atoms. The monoisotopic (exact) mass is 309 g/mol. The second-order valence-electron chi connectivity index (χ2n) is 4.87. The first-order valence-electron chi connectivity index (χ1n) is 6.61. The Hall–Kier alpha value is -1.33. The molecule has 0 aromatic carbocycles. The maximum atomic E-state index is 12.0. The number of hydrogen-bond donors (Lipinski definition) is 1. The summed E-state index contributed by atoms with van der Waals surface area (Å²) in [6.07, 6.45) is 0. The molecule has 0 unspecified atom stereocenters. The molecule has 0 atom stereocenters. The fourth-order valence-electron chi connectivity index (χ4n) is 2.12. The van der Waals surface area contributed by atoms with Crippen LogP contribution in [0.1, 0.15) is 46.8 Å². The Kier molecular flexibility index (Phi) is 4.50. The lowest BCUT2D eigenvalue weighted by Gasteiger charge is -2.07. The number of hydrogen-bond acceptors (Lipinski definition) is 5. The number of nitrogen functional groups attached to an aromatic ring is 1. The predicted molar refractivity (Wildman–Crippen MR) is 86.8 cm³/mol. The Balaban J connectivity index is 2.56. The van der Waals surface area contributed by atoms with E-state index in [-0.39, 0.29) is 11.9 Å². The van der Waals surface area contributed by atoms with Gasteiger partial charge in [0.25, 0.3) is 0 Å². The number of anilines is 1. The summed E-state index contributed by atoms with van der Waals surface area (Å²) in [6, 6.07) is 4.18. The van der Waals surface area contributed by atoms with E-state index in [1.807, 2.05) is 0 Å². The molecule has 20 heavy (non-hydrogen) atoms. The van der Waals surface area contributed by atoms with Crippen LogP contribution in [0.2, 0.25) is 0 Å². The van der Waals surface area contributed by atoms with Gasteiger partial charge in [-0.15, -0.1) is 22.7 Å². The number of rotatable bonds is 4. The van der Waals surface area contributed by atoms with Crippen molar-refractivity contribution in [3.05, 3.63) is 27.5 Å². The van der Waals surface area contributed by atoms with E-state index < -0.39 is 0 Å². The average molecular weight is 309 g/mol. The van der Waals surface area contributed by atoms with Gasteiger partial charge in [-0.25, -0.2) is 4.79 Å². The molecule has 108 valence electrons. The lowest BCUT2D eigenvalue weighted by atomic mass is 10.0. The molecule has 0 radical (unpaired) electrons. The summed E-state index contributed by atoms with van der Waals surface area (Å²) in [7, 11) is 0. The normalized spacial score (nSPS) is 11.1. The largest absolute Gasteiger partial charge is 0.462 e. The highest BCUT2D eigenvalue weighted by Crippen LogP contribution is 2.44. The molecule has 0 aliphatic carbocycles. The lowest BCUT2D eigenvalue weighted by Crippen LogP contribution is -2.06. The van der Waals surface area contributed by atoms with Crippen molar-refractivity contribution in [1.82, 2.24) is 0 Å². The van der Waals surface area contributed by atoms with E-state index in [0.717, 1.165) is 10.4 Å². The van der Waals surface area contributed by atoms with Crippen molar-refractivity contribution in [2.45, 2.75) is 33.6 Å². The third kappa shape index (κ3) is 2.74. The Morgan fingerprint density at radius 2 is 2.05 bits per heavy atom. The first kappa shape index (κ1) is 15.1. The molecule has 0 amide bonds. The quantitative estimate of drug-likeness (QED) is 0.835. The van der Waals surface area contributed by atoms with Crippen LogP contribution in [0, 0.1) is 6.92 Å². The van der Waals surface area contributed by atoms with Crippen LogP contribution in [-0.4, -0.2) is 12.6 Å². The fraction of sp³-hybridized carbons (Fsp3) is 0.400. The Labute approximate surface area is 127 Å². The van der Waals surface area contributed by atoms with Crippen molar-refractivity contribution in [1.29, 1.82) is 0 Å². The third-order valence-electron chi connectivity index (χ3n) is 2.99. The van der Waals surface area contributed by atoms with Gasteiger partial charge in [-0.3, -0.25) is 0 Å². The minimum Gasteiger partial charge on any atom is -0.462 e.